The van der Waals surface area contributed by atoms with Gasteiger partial charge in [0.25, 0.3) is 0 Å². The molecule has 2 rings (SSSR count). The van der Waals surface area contributed by atoms with Crippen molar-refractivity contribution in [3.63, 3.8) is 0 Å². The number of carboxylic acids is 1. The lowest BCUT2D eigenvalue weighted by Gasteiger charge is -2.29. The molecule has 4 unspecified atom stereocenters. The van der Waals surface area contributed by atoms with Gasteiger partial charge in [0.15, 0.2) is 0 Å². The van der Waals surface area contributed by atoms with Gasteiger partial charge < -0.3 is 15.3 Å². The molecule has 2 saturated carbocycles. The van der Waals surface area contributed by atoms with Crippen molar-refractivity contribution in [2.24, 2.45) is 17.8 Å². The summed E-state index contributed by atoms with van der Waals surface area (Å²) < 4.78 is 0. The van der Waals surface area contributed by atoms with Crippen LogP contribution in [0.15, 0.2) is 0 Å². The summed E-state index contributed by atoms with van der Waals surface area (Å²) in [5, 5.41) is 12.0. The van der Waals surface area contributed by atoms with Gasteiger partial charge in [-0.3, -0.25) is 4.79 Å². The number of amides is 2. The van der Waals surface area contributed by atoms with Gasteiger partial charge in [0.05, 0.1) is 5.92 Å². The van der Waals surface area contributed by atoms with Gasteiger partial charge in [0.1, 0.15) is 0 Å². The van der Waals surface area contributed by atoms with Gasteiger partial charge in [-0.05, 0) is 31.1 Å². The van der Waals surface area contributed by atoms with E-state index in [9.17, 15) is 14.7 Å². The maximum atomic E-state index is 11.6. The normalized spacial score (nSPS) is 36.1. The Kier molecular flexibility index (Phi) is 2.78. The number of nitrogens with one attached hydrogen (secondary N) is 1. The van der Waals surface area contributed by atoms with E-state index in [1.807, 2.05) is 0 Å². The van der Waals surface area contributed by atoms with Crippen molar-refractivity contribution >= 4 is 12.0 Å². The number of hydrogen-bond donors (Lipinski definition) is 2. The number of urea groups is 1. The Bertz CT molecular complexity index is 316. The van der Waals surface area contributed by atoms with Crippen LogP contribution < -0.4 is 5.32 Å². The van der Waals surface area contributed by atoms with Crippen molar-refractivity contribution in [1.82, 2.24) is 10.2 Å². The van der Waals surface area contributed by atoms with Crippen LogP contribution in [-0.4, -0.2) is 42.1 Å². The minimum Gasteiger partial charge on any atom is -0.481 e. The van der Waals surface area contributed by atoms with E-state index in [0.717, 1.165) is 19.3 Å². The van der Waals surface area contributed by atoms with Crippen molar-refractivity contribution < 1.29 is 14.7 Å². The summed E-state index contributed by atoms with van der Waals surface area (Å²) in [7, 11) is 3.33. The van der Waals surface area contributed by atoms with Gasteiger partial charge in [0, 0.05) is 20.1 Å². The number of carbonyl (C=O) groups is 2. The van der Waals surface area contributed by atoms with Gasteiger partial charge in [0.2, 0.25) is 0 Å². The zero-order valence-corrected chi connectivity index (χ0v) is 9.64. The van der Waals surface area contributed by atoms with E-state index >= 15 is 0 Å². The summed E-state index contributed by atoms with van der Waals surface area (Å²) >= 11 is 0. The molecule has 2 aliphatic carbocycles. The van der Waals surface area contributed by atoms with E-state index in [0.29, 0.717) is 5.92 Å². The molecule has 0 radical (unpaired) electrons. The molecular weight excluding hydrogens is 208 g/mol. The van der Waals surface area contributed by atoms with E-state index in [-0.39, 0.29) is 23.9 Å². The molecule has 2 fully saturated rings. The lowest BCUT2D eigenvalue weighted by molar-refractivity contribution is -0.144. The number of fused-ring (bicyclic) bond motifs is 2. The molecule has 2 amide bonds. The third kappa shape index (κ3) is 1.74. The SMILES string of the molecule is CN(C)C(=O)NC1C2CCC(C2)C1C(=O)O. The molecule has 0 aromatic heterocycles. The Morgan fingerprint density at radius 1 is 1.25 bits per heavy atom. The second kappa shape index (κ2) is 3.96. The Labute approximate surface area is 94.8 Å². The first kappa shape index (κ1) is 11.2. The summed E-state index contributed by atoms with van der Waals surface area (Å²) in [6.45, 7) is 0. The molecule has 16 heavy (non-hydrogen) atoms. The molecule has 0 aromatic rings. The molecule has 5 nitrogen and oxygen atoms in total. The molecule has 0 aromatic carbocycles. The Hall–Kier alpha value is -1.26. The average Bonchev–Trinajstić information content (AvgIpc) is 2.76. The highest BCUT2D eigenvalue weighted by Crippen LogP contribution is 2.48. The molecule has 5 heteroatoms. The first-order valence-corrected chi connectivity index (χ1v) is 5.71. The minimum absolute atomic E-state index is 0.175. The molecule has 2 N–H and O–H groups in total. The van der Waals surface area contributed by atoms with Crippen LogP contribution in [0.3, 0.4) is 0 Å². The summed E-state index contributed by atoms with van der Waals surface area (Å²) in [6.07, 6.45) is 3.00. The molecule has 90 valence electrons. The summed E-state index contributed by atoms with van der Waals surface area (Å²) in [5.41, 5.74) is 0. The minimum atomic E-state index is -0.767. The van der Waals surface area contributed by atoms with Crippen LogP contribution in [0.4, 0.5) is 4.79 Å². The molecule has 2 bridgehead atoms. The third-order valence-corrected chi connectivity index (χ3v) is 3.90. The maximum absolute atomic E-state index is 11.6. The largest absolute Gasteiger partial charge is 0.481 e. The maximum Gasteiger partial charge on any atom is 0.317 e. The van der Waals surface area contributed by atoms with E-state index in [4.69, 9.17) is 0 Å². The zero-order chi connectivity index (χ0) is 11.9. The molecule has 4 atom stereocenters. The van der Waals surface area contributed by atoms with Crippen molar-refractivity contribution in [3.05, 3.63) is 0 Å². The van der Waals surface area contributed by atoms with Crippen LogP contribution in [0.1, 0.15) is 19.3 Å². The third-order valence-electron chi connectivity index (χ3n) is 3.90. The zero-order valence-electron chi connectivity index (χ0n) is 9.64. The molecule has 0 saturated heterocycles. The van der Waals surface area contributed by atoms with Crippen LogP contribution in [0, 0.1) is 17.8 Å². The average molecular weight is 226 g/mol. The van der Waals surface area contributed by atoms with Crippen LogP contribution in [0.25, 0.3) is 0 Å². The fourth-order valence-corrected chi connectivity index (χ4v) is 3.13. The predicted molar refractivity (Wildman–Crippen MR) is 58.0 cm³/mol. The summed E-state index contributed by atoms with van der Waals surface area (Å²) in [5.74, 6) is -0.538. The highest BCUT2D eigenvalue weighted by molar-refractivity contribution is 5.77. The second-order valence-corrected chi connectivity index (χ2v) is 5.07. The Morgan fingerprint density at radius 3 is 2.44 bits per heavy atom. The van der Waals surface area contributed by atoms with Crippen LogP contribution in [-0.2, 0) is 4.79 Å². The van der Waals surface area contributed by atoms with E-state index < -0.39 is 5.97 Å². The van der Waals surface area contributed by atoms with Crippen molar-refractivity contribution in [1.29, 1.82) is 0 Å². The van der Waals surface area contributed by atoms with Gasteiger partial charge >= 0.3 is 12.0 Å². The molecule has 0 spiro atoms. The fraction of sp³-hybridized carbons (Fsp3) is 0.818. The lowest BCUT2D eigenvalue weighted by Crippen LogP contribution is -2.49. The Morgan fingerprint density at radius 2 is 1.88 bits per heavy atom. The quantitative estimate of drug-likeness (QED) is 0.730. The van der Waals surface area contributed by atoms with Crippen molar-refractivity contribution in [2.75, 3.05) is 14.1 Å². The number of nitrogens with zero attached hydrogens (tertiary/aromatic N) is 1. The smallest absolute Gasteiger partial charge is 0.317 e. The predicted octanol–water partition coefficient (Wildman–Crippen LogP) is 0.757. The number of aliphatic carboxylic acids is 1. The molecule has 0 heterocycles. The highest BCUT2D eigenvalue weighted by atomic mass is 16.4. The van der Waals surface area contributed by atoms with Crippen LogP contribution in [0.2, 0.25) is 0 Å². The summed E-state index contributed by atoms with van der Waals surface area (Å²) in [6, 6.07) is -0.366. The van der Waals surface area contributed by atoms with Crippen molar-refractivity contribution in [2.45, 2.75) is 25.3 Å². The van der Waals surface area contributed by atoms with Gasteiger partial charge in [-0.15, -0.1) is 0 Å². The standard InChI is InChI=1S/C11H18N2O3/c1-13(2)11(16)12-9-7-4-3-6(5-7)8(9)10(14)15/h6-9H,3-5H2,1-2H3,(H,12,16)(H,14,15). The van der Waals surface area contributed by atoms with Gasteiger partial charge in [-0.2, -0.15) is 0 Å². The van der Waals surface area contributed by atoms with Gasteiger partial charge in [-0.1, -0.05) is 0 Å². The monoisotopic (exact) mass is 226 g/mol. The summed E-state index contributed by atoms with van der Waals surface area (Å²) in [4.78, 5) is 24.2. The molecule has 2 aliphatic rings. The first-order chi connectivity index (χ1) is 7.50. The molecular formula is C11H18N2O3. The van der Waals surface area contributed by atoms with Crippen molar-refractivity contribution in [3.8, 4) is 0 Å². The van der Waals surface area contributed by atoms with Gasteiger partial charge in [-0.25, -0.2) is 4.79 Å². The number of carboxylic acid groups (broad SMARTS) is 1. The lowest BCUT2D eigenvalue weighted by atomic mass is 9.84. The second-order valence-electron chi connectivity index (χ2n) is 5.07. The highest BCUT2D eigenvalue weighted by Gasteiger charge is 2.51. The van der Waals surface area contributed by atoms with E-state index in [1.54, 1.807) is 14.1 Å². The Balaban J connectivity index is 2.07. The first-order valence-electron chi connectivity index (χ1n) is 5.71. The topological polar surface area (TPSA) is 69.6 Å². The number of rotatable bonds is 2. The molecule has 0 aliphatic heterocycles. The fourth-order valence-electron chi connectivity index (χ4n) is 3.13. The van der Waals surface area contributed by atoms with E-state index in [1.165, 1.54) is 4.90 Å². The number of hydrogen-bond acceptors (Lipinski definition) is 2. The van der Waals surface area contributed by atoms with Crippen LogP contribution >= 0.6 is 0 Å². The van der Waals surface area contributed by atoms with E-state index in [2.05, 4.69) is 5.32 Å². The van der Waals surface area contributed by atoms with Crippen LogP contribution in [0.5, 0.6) is 0 Å². The number of carbonyl (C=O) groups excluding carboxylic acids is 1.